The van der Waals surface area contributed by atoms with Gasteiger partial charge in [-0.25, -0.2) is 13.2 Å². The number of nitrogens with one attached hydrogen (secondary N) is 1. The van der Waals surface area contributed by atoms with Crippen molar-refractivity contribution in [3.63, 3.8) is 0 Å². The normalized spacial score (nSPS) is 12.4. The van der Waals surface area contributed by atoms with Gasteiger partial charge < -0.3 is 5.32 Å². The standard InChI is InChI=1S/C15H15F3N2/c1-2-7-20-15(10-6-8-19-9-13(10)17)11-4-3-5-12(16)14(11)18/h3-6,8-9,15,20H,2,7H2,1H3. The molecule has 0 saturated carbocycles. The highest BCUT2D eigenvalue weighted by Crippen LogP contribution is 2.27. The van der Waals surface area contributed by atoms with Crippen molar-refractivity contribution in [2.75, 3.05) is 6.54 Å². The van der Waals surface area contributed by atoms with Gasteiger partial charge in [0.05, 0.1) is 12.2 Å². The first kappa shape index (κ1) is 14.5. The van der Waals surface area contributed by atoms with Gasteiger partial charge in [0.25, 0.3) is 0 Å². The minimum Gasteiger partial charge on any atom is -0.306 e. The average molecular weight is 280 g/mol. The molecule has 0 saturated heterocycles. The van der Waals surface area contributed by atoms with Crippen molar-refractivity contribution >= 4 is 0 Å². The van der Waals surface area contributed by atoms with E-state index in [9.17, 15) is 13.2 Å². The molecule has 1 atom stereocenters. The lowest BCUT2D eigenvalue weighted by Crippen LogP contribution is -2.25. The first-order valence-electron chi connectivity index (χ1n) is 6.41. The Labute approximate surface area is 115 Å². The number of nitrogens with zero attached hydrogens (tertiary/aromatic N) is 1. The van der Waals surface area contributed by atoms with Gasteiger partial charge in [0, 0.05) is 17.3 Å². The predicted molar refractivity (Wildman–Crippen MR) is 70.7 cm³/mol. The molecule has 1 N–H and O–H groups in total. The third-order valence-corrected chi connectivity index (χ3v) is 3.01. The number of rotatable bonds is 5. The third kappa shape index (κ3) is 2.99. The molecule has 5 heteroatoms. The fourth-order valence-electron chi connectivity index (χ4n) is 2.04. The molecule has 1 aromatic heterocycles. The molecular weight excluding hydrogens is 265 g/mol. The number of hydrogen-bond donors (Lipinski definition) is 1. The van der Waals surface area contributed by atoms with Crippen molar-refractivity contribution in [2.45, 2.75) is 19.4 Å². The quantitative estimate of drug-likeness (QED) is 0.905. The predicted octanol–water partition coefficient (Wildman–Crippen LogP) is 3.59. The zero-order chi connectivity index (χ0) is 14.5. The SMILES string of the molecule is CCCNC(c1ccncc1F)c1cccc(F)c1F. The Morgan fingerprint density at radius 3 is 2.60 bits per heavy atom. The van der Waals surface area contributed by atoms with Crippen LogP contribution in [0.4, 0.5) is 13.2 Å². The maximum atomic E-state index is 13.9. The van der Waals surface area contributed by atoms with E-state index in [1.54, 1.807) is 0 Å². The molecule has 106 valence electrons. The van der Waals surface area contributed by atoms with Gasteiger partial charge in [0.1, 0.15) is 5.82 Å². The molecular formula is C15H15F3N2. The number of hydrogen-bond acceptors (Lipinski definition) is 2. The number of benzene rings is 1. The molecule has 0 aliphatic heterocycles. The van der Waals surface area contributed by atoms with E-state index in [1.807, 2.05) is 6.92 Å². The smallest absolute Gasteiger partial charge is 0.163 e. The van der Waals surface area contributed by atoms with Crippen LogP contribution in [0.15, 0.2) is 36.7 Å². The summed E-state index contributed by atoms with van der Waals surface area (Å²) < 4.78 is 41.2. The highest BCUT2D eigenvalue weighted by molar-refractivity contribution is 5.32. The molecule has 0 aliphatic carbocycles. The fraction of sp³-hybridized carbons (Fsp3) is 0.267. The minimum absolute atomic E-state index is 0.0866. The van der Waals surface area contributed by atoms with Crippen LogP contribution in [-0.4, -0.2) is 11.5 Å². The van der Waals surface area contributed by atoms with E-state index in [0.717, 1.165) is 18.7 Å². The van der Waals surface area contributed by atoms with E-state index in [1.165, 1.54) is 24.4 Å². The van der Waals surface area contributed by atoms with E-state index in [-0.39, 0.29) is 11.1 Å². The molecule has 2 rings (SSSR count). The maximum Gasteiger partial charge on any atom is 0.163 e. The Morgan fingerprint density at radius 2 is 1.90 bits per heavy atom. The van der Waals surface area contributed by atoms with Crippen molar-refractivity contribution in [1.82, 2.24) is 10.3 Å². The van der Waals surface area contributed by atoms with Crippen LogP contribution in [0.25, 0.3) is 0 Å². The van der Waals surface area contributed by atoms with Crippen molar-refractivity contribution < 1.29 is 13.2 Å². The molecule has 0 fully saturated rings. The zero-order valence-electron chi connectivity index (χ0n) is 11.0. The number of aromatic nitrogens is 1. The summed E-state index contributed by atoms with van der Waals surface area (Å²) in [6, 6.07) is 4.62. The van der Waals surface area contributed by atoms with E-state index >= 15 is 0 Å². The lowest BCUT2D eigenvalue weighted by molar-refractivity contribution is 0.473. The first-order valence-corrected chi connectivity index (χ1v) is 6.41. The van der Waals surface area contributed by atoms with Crippen LogP contribution in [0.1, 0.15) is 30.5 Å². The lowest BCUT2D eigenvalue weighted by Gasteiger charge is -2.20. The van der Waals surface area contributed by atoms with Crippen LogP contribution in [0.5, 0.6) is 0 Å². The molecule has 0 spiro atoms. The molecule has 0 amide bonds. The molecule has 1 unspecified atom stereocenters. The second-order valence-electron chi connectivity index (χ2n) is 4.43. The molecule has 0 radical (unpaired) electrons. The van der Waals surface area contributed by atoms with E-state index < -0.39 is 23.5 Å². The highest BCUT2D eigenvalue weighted by atomic mass is 19.2. The largest absolute Gasteiger partial charge is 0.306 e. The van der Waals surface area contributed by atoms with Crippen molar-refractivity contribution in [1.29, 1.82) is 0 Å². The van der Waals surface area contributed by atoms with Crippen LogP contribution in [0.3, 0.4) is 0 Å². The van der Waals surface area contributed by atoms with Crippen LogP contribution in [0.2, 0.25) is 0 Å². The molecule has 20 heavy (non-hydrogen) atoms. The first-order chi connectivity index (χ1) is 9.65. The number of halogens is 3. The van der Waals surface area contributed by atoms with Crippen molar-refractivity contribution in [3.8, 4) is 0 Å². The van der Waals surface area contributed by atoms with E-state index in [0.29, 0.717) is 6.54 Å². The molecule has 2 nitrogen and oxygen atoms in total. The van der Waals surface area contributed by atoms with Gasteiger partial charge in [-0.15, -0.1) is 0 Å². The summed E-state index contributed by atoms with van der Waals surface area (Å²) in [6.45, 7) is 2.50. The maximum absolute atomic E-state index is 13.9. The van der Waals surface area contributed by atoms with Crippen LogP contribution in [0, 0.1) is 17.5 Å². The average Bonchev–Trinajstić information content (AvgIpc) is 2.45. The van der Waals surface area contributed by atoms with Crippen molar-refractivity contribution in [3.05, 3.63) is 65.2 Å². The fourth-order valence-corrected chi connectivity index (χ4v) is 2.04. The summed E-state index contributed by atoms with van der Waals surface area (Å²) >= 11 is 0. The molecule has 2 aromatic rings. The van der Waals surface area contributed by atoms with E-state index in [2.05, 4.69) is 10.3 Å². The highest BCUT2D eigenvalue weighted by Gasteiger charge is 2.22. The summed E-state index contributed by atoms with van der Waals surface area (Å²) in [5.74, 6) is -2.46. The second-order valence-corrected chi connectivity index (χ2v) is 4.43. The monoisotopic (exact) mass is 280 g/mol. The minimum atomic E-state index is -0.961. The van der Waals surface area contributed by atoms with Crippen LogP contribution < -0.4 is 5.32 Å². The summed E-state index contributed by atoms with van der Waals surface area (Å²) in [7, 11) is 0. The molecule has 0 bridgehead atoms. The molecule has 0 aliphatic rings. The Kier molecular flexibility index (Phi) is 4.74. The number of pyridine rings is 1. The van der Waals surface area contributed by atoms with Gasteiger partial charge in [-0.2, -0.15) is 0 Å². The Hall–Kier alpha value is -1.88. The summed E-state index contributed by atoms with van der Waals surface area (Å²) in [6.07, 6.45) is 3.28. The Balaban J connectivity index is 2.47. The van der Waals surface area contributed by atoms with Gasteiger partial charge >= 0.3 is 0 Å². The summed E-state index contributed by atoms with van der Waals surface area (Å²) in [4.78, 5) is 3.67. The van der Waals surface area contributed by atoms with Gasteiger partial charge in [-0.05, 0) is 25.1 Å². The van der Waals surface area contributed by atoms with E-state index in [4.69, 9.17) is 0 Å². The van der Waals surface area contributed by atoms with Crippen LogP contribution >= 0.6 is 0 Å². The van der Waals surface area contributed by atoms with Gasteiger partial charge in [0.2, 0.25) is 0 Å². The topological polar surface area (TPSA) is 24.9 Å². The molecule has 1 aromatic carbocycles. The zero-order valence-corrected chi connectivity index (χ0v) is 11.0. The lowest BCUT2D eigenvalue weighted by atomic mass is 9.98. The summed E-state index contributed by atoms with van der Waals surface area (Å²) in [5.41, 5.74) is 0.335. The molecule has 1 heterocycles. The van der Waals surface area contributed by atoms with Crippen molar-refractivity contribution in [2.24, 2.45) is 0 Å². The third-order valence-electron chi connectivity index (χ3n) is 3.01. The van der Waals surface area contributed by atoms with Gasteiger partial charge in [-0.1, -0.05) is 19.1 Å². The summed E-state index contributed by atoms with van der Waals surface area (Å²) in [5, 5.41) is 3.04. The van der Waals surface area contributed by atoms with Gasteiger partial charge in [-0.3, -0.25) is 4.98 Å². The second kappa shape index (κ2) is 6.52. The van der Waals surface area contributed by atoms with Gasteiger partial charge in [0.15, 0.2) is 11.6 Å². The Bertz CT molecular complexity index is 587. The van der Waals surface area contributed by atoms with Crippen LogP contribution in [-0.2, 0) is 0 Å². The Morgan fingerprint density at radius 1 is 1.10 bits per heavy atom.